The molecule has 2 rings (SSSR count). The standard InChI is InChI=1S/C17H19NO3/c1-14-7-9-15(10-8-14)11-18(20)12-16(19)13-21-17-5-3-2-4-6-17/h2-11,16,19H,12-13H2,1H3/b18-11-/t16-/m0/s1. The van der Waals surface area contributed by atoms with Crippen LogP contribution in [0.4, 0.5) is 0 Å². The minimum absolute atomic E-state index is 0.0271. The second-order valence-corrected chi connectivity index (χ2v) is 4.92. The third-order valence-corrected chi connectivity index (χ3v) is 2.95. The molecule has 21 heavy (non-hydrogen) atoms. The number of hydrogen-bond donors (Lipinski definition) is 1. The zero-order valence-electron chi connectivity index (χ0n) is 12.0. The van der Waals surface area contributed by atoms with Crippen LogP contribution < -0.4 is 4.74 Å². The van der Waals surface area contributed by atoms with Crippen molar-refractivity contribution in [3.8, 4) is 5.75 Å². The molecule has 0 bridgehead atoms. The van der Waals surface area contributed by atoms with E-state index in [9.17, 15) is 10.3 Å². The molecule has 0 fully saturated rings. The predicted octanol–water partition coefficient (Wildman–Crippen LogP) is 2.36. The fraction of sp³-hybridized carbons (Fsp3) is 0.235. The first-order chi connectivity index (χ1) is 10.1. The highest BCUT2D eigenvalue weighted by molar-refractivity contribution is 5.75. The van der Waals surface area contributed by atoms with Crippen molar-refractivity contribution >= 4 is 6.21 Å². The van der Waals surface area contributed by atoms with Crippen LogP contribution in [0.15, 0.2) is 54.6 Å². The van der Waals surface area contributed by atoms with Gasteiger partial charge in [-0.2, -0.15) is 0 Å². The van der Waals surface area contributed by atoms with Crippen LogP contribution in [-0.2, 0) is 0 Å². The van der Waals surface area contributed by atoms with E-state index in [0.717, 1.165) is 15.9 Å². The lowest BCUT2D eigenvalue weighted by Gasteiger charge is -2.12. The highest BCUT2D eigenvalue weighted by Gasteiger charge is 2.10. The topological polar surface area (TPSA) is 55.5 Å². The third-order valence-electron chi connectivity index (χ3n) is 2.95. The molecular weight excluding hydrogens is 266 g/mol. The number of rotatable bonds is 6. The smallest absolute Gasteiger partial charge is 0.182 e. The number of ether oxygens (including phenoxy) is 1. The van der Waals surface area contributed by atoms with E-state index in [1.807, 2.05) is 49.4 Å². The van der Waals surface area contributed by atoms with Crippen molar-refractivity contribution in [3.05, 3.63) is 70.9 Å². The Morgan fingerprint density at radius 3 is 2.48 bits per heavy atom. The molecule has 4 heteroatoms. The molecule has 0 aliphatic heterocycles. The maximum Gasteiger partial charge on any atom is 0.182 e. The Balaban J connectivity index is 1.84. The summed E-state index contributed by atoms with van der Waals surface area (Å²) in [5.41, 5.74) is 1.95. The van der Waals surface area contributed by atoms with Gasteiger partial charge in [-0.05, 0) is 31.2 Å². The number of aliphatic hydroxyl groups excluding tert-OH is 1. The largest absolute Gasteiger partial charge is 0.624 e. The van der Waals surface area contributed by atoms with Gasteiger partial charge in [-0.25, -0.2) is 4.74 Å². The summed E-state index contributed by atoms with van der Waals surface area (Å²) in [5.74, 6) is 0.677. The summed E-state index contributed by atoms with van der Waals surface area (Å²) in [5, 5.41) is 21.6. The summed E-state index contributed by atoms with van der Waals surface area (Å²) in [6.07, 6.45) is 0.620. The van der Waals surface area contributed by atoms with E-state index in [-0.39, 0.29) is 13.2 Å². The number of benzene rings is 2. The summed E-state index contributed by atoms with van der Waals surface area (Å²) < 4.78 is 6.13. The Bertz CT molecular complexity index is 579. The molecule has 0 heterocycles. The monoisotopic (exact) mass is 285 g/mol. The van der Waals surface area contributed by atoms with E-state index in [1.54, 1.807) is 12.1 Å². The van der Waals surface area contributed by atoms with E-state index >= 15 is 0 Å². The SMILES string of the molecule is Cc1ccc(/C=[N+](\[O-])C[C@H](O)COc2ccccc2)cc1. The Labute approximate surface area is 124 Å². The normalized spacial score (nSPS) is 13.0. The van der Waals surface area contributed by atoms with Crippen molar-refractivity contribution in [1.82, 2.24) is 0 Å². The number of aryl methyl sites for hydroxylation is 1. The molecule has 0 saturated heterocycles. The third kappa shape index (κ3) is 5.28. The molecule has 0 aliphatic rings. The van der Waals surface area contributed by atoms with Crippen LogP contribution in [0.1, 0.15) is 11.1 Å². The molecule has 0 amide bonds. The van der Waals surface area contributed by atoms with E-state index in [2.05, 4.69) is 0 Å². The average Bonchev–Trinajstić information content (AvgIpc) is 2.48. The Kier molecular flexibility index (Phi) is 5.35. The van der Waals surface area contributed by atoms with Gasteiger partial charge >= 0.3 is 0 Å². The second kappa shape index (κ2) is 7.45. The van der Waals surface area contributed by atoms with Crippen molar-refractivity contribution in [3.63, 3.8) is 0 Å². The lowest BCUT2D eigenvalue weighted by Crippen LogP contribution is -2.27. The van der Waals surface area contributed by atoms with Gasteiger partial charge in [0.2, 0.25) is 0 Å². The van der Waals surface area contributed by atoms with Gasteiger partial charge in [0.25, 0.3) is 0 Å². The van der Waals surface area contributed by atoms with Crippen LogP contribution in [0.25, 0.3) is 0 Å². The zero-order chi connectivity index (χ0) is 15.1. The van der Waals surface area contributed by atoms with Crippen molar-refractivity contribution < 1.29 is 14.6 Å². The van der Waals surface area contributed by atoms with Crippen LogP contribution in [-0.4, -0.2) is 35.3 Å². The summed E-state index contributed by atoms with van der Waals surface area (Å²) in [7, 11) is 0. The Morgan fingerprint density at radius 2 is 1.81 bits per heavy atom. The van der Waals surface area contributed by atoms with Gasteiger partial charge in [-0.3, -0.25) is 0 Å². The van der Waals surface area contributed by atoms with E-state index < -0.39 is 6.10 Å². The van der Waals surface area contributed by atoms with E-state index in [0.29, 0.717) is 5.75 Å². The number of hydrogen-bond acceptors (Lipinski definition) is 3. The van der Waals surface area contributed by atoms with Gasteiger partial charge in [0.15, 0.2) is 12.8 Å². The average molecular weight is 285 g/mol. The van der Waals surface area contributed by atoms with Crippen LogP contribution in [0.2, 0.25) is 0 Å². The summed E-state index contributed by atoms with van der Waals surface area (Å²) in [4.78, 5) is 0. The number of nitrogens with zero attached hydrogens (tertiary/aromatic N) is 1. The molecule has 1 atom stereocenters. The number of aliphatic hydroxyl groups is 1. The number of hydroxylamine groups is 1. The molecule has 0 spiro atoms. The zero-order valence-corrected chi connectivity index (χ0v) is 12.0. The minimum atomic E-state index is -0.843. The first-order valence-electron chi connectivity index (χ1n) is 6.85. The molecule has 1 N–H and O–H groups in total. The second-order valence-electron chi connectivity index (χ2n) is 4.92. The van der Waals surface area contributed by atoms with Crippen molar-refractivity contribution in [2.45, 2.75) is 13.0 Å². The Hall–Kier alpha value is -2.33. The van der Waals surface area contributed by atoms with Crippen molar-refractivity contribution in [1.29, 1.82) is 0 Å². The molecule has 0 unspecified atom stereocenters. The first kappa shape index (κ1) is 15.1. The van der Waals surface area contributed by atoms with Crippen LogP contribution in [0, 0.1) is 12.1 Å². The van der Waals surface area contributed by atoms with Crippen LogP contribution >= 0.6 is 0 Å². The highest BCUT2D eigenvalue weighted by Crippen LogP contribution is 2.08. The first-order valence-corrected chi connectivity index (χ1v) is 6.85. The minimum Gasteiger partial charge on any atom is -0.624 e. The van der Waals surface area contributed by atoms with Crippen molar-refractivity contribution in [2.75, 3.05) is 13.2 Å². The van der Waals surface area contributed by atoms with Gasteiger partial charge < -0.3 is 15.1 Å². The van der Waals surface area contributed by atoms with Gasteiger partial charge in [-0.1, -0.05) is 35.9 Å². The van der Waals surface area contributed by atoms with Crippen molar-refractivity contribution in [2.24, 2.45) is 0 Å². The maximum absolute atomic E-state index is 11.8. The van der Waals surface area contributed by atoms with Gasteiger partial charge in [0.05, 0.1) is 0 Å². The quantitative estimate of drug-likeness (QED) is 0.384. The molecular formula is C17H19NO3. The molecule has 4 nitrogen and oxygen atoms in total. The van der Waals surface area contributed by atoms with Crippen LogP contribution in [0.5, 0.6) is 5.75 Å². The van der Waals surface area contributed by atoms with Crippen LogP contribution in [0.3, 0.4) is 0 Å². The molecule has 0 aliphatic carbocycles. The summed E-state index contributed by atoms with van der Waals surface area (Å²) in [6, 6.07) is 16.8. The van der Waals surface area contributed by atoms with Gasteiger partial charge in [0, 0.05) is 5.56 Å². The lowest BCUT2D eigenvalue weighted by atomic mass is 10.2. The molecule has 0 radical (unpaired) electrons. The molecule has 0 saturated carbocycles. The molecule has 0 aromatic heterocycles. The maximum atomic E-state index is 11.8. The molecule has 110 valence electrons. The summed E-state index contributed by atoms with van der Waals surface area (Å²) >= 11 is 0. The Morgan fingerprint density at radius 1 is 1.14 bits per heavy atom. The van der Waals surface area contributed by atoms with Gasteiger partial charge in [-0.15, -0.1) is 0 Å². The van der Waals surface area contributed by atoms with Gasteiger partial charge in [0.1, 0.15) is 18.5 Å². The molecule has 2 aromatic rings. The fourth-order valence-electron chi connectivity index (χ4n) is 1.84. The van der Waals surface area contributed by atoms with E-state index in [1.165, 1.54) is 6.21 Å². The number of para-hydroxylation sites is 1. The highest BCUT2D eigenvalue weighted by atomic mass is 16.5. The van der Waals surface area contributed by atoms with E-state index in [4.69, 9.17) is 4.74 Å². The molecule has 2 aromatic carbocycles. The summed E-state index contributed by atoms with van der Waals surface area (Å²) in [6.45, 7) is 2.05. The fourth-order valence-corrected chi connectivity index (χ4v) is 1.84. The predicted molar refractivity (Wildman–Crippen MR) is 82.8 cm³/mol. The lowest BCUT2D eigenvalue weighted by molar-refractivity contribution is -0.464.